The van der Waals surface area contributed by atoms with Gasteiger partial charge in [-0.25, -0.2) is 0 Å². The van der Waals surface area contributed by atoms with Gasteiger partial charge in [0.2, 0.25) is 0 Å². The number of halogens is 2. The zero-order valence-corrected chi connectivity index (χ0v) is 11.3. The highest BCUT2D eigenvalue weighted by molar-refractivity contribution is 6.30. The fraction of sp³-hybridized carbons (Fsp3) is 0.143. The highest BCUT2D eigenvalue weighted by Crippen LogP contribution is 2.24. The highest BCUT2D eigenvalue weighted by atomic mass is 35.5. The van der Waals surface area contributed by atoms with E-state index < -0.39 is 0 Å². The van der Waals surface area contributed by atoms with Crippen LogP contribution in [0.3, 0.4) is 0 Å². The summed E-state index contributed by atoms with van der Waals surface area (Å²) in [6.07, 6.45) is 0. The molecule has 0 aromatic heterocycles. The summed E-state index contributed by atoms with van der Waals surface area (Å²) in [6.45, 7) is 4.00. The van der Waals surface area contributed by atoms with Crippen LogP contribution in [-0.4, -0.2) is 0 Å². The van der Waals surface area contributed by atoms with Crippen LogP contribution in [0, 0.1) is 0 Å². The van der Waals surface area contributed by atoms with Crippen LogP contribution in [-0.2, 0) is 0 Å². The third kappa shape index (κ3) is 4.68. The first-order chi connectivity index (χ1) is 8.24. The number of hydrogen-bond donors (Lipinski definition) is 0. The summed E-state index contributed by atoms with van der Waals surface area (Å²) in [5.41, 5.74) is 0. The van der Waals surface area contributed by atoms with Crippen LogP contribution in [0.1, 0.15) is 13.8 Å². The van der Waals surface area contributed by atoms with E-state index in [4.69, 9.17) is 27.9 Å². The Morgan fingerprint density at radius 2 is 0.941 bits per heavy atom. The Hall–Kier alpha value is -1.18. The van der Waals surface area contributed by atoms with E-state index in [0.717, 1.165) is 11.5 Å². The molecule has 0 fully saturated rings. The fourth-order valence-corrected chi connectivity index (χ4v) is 1.39. The molecule has 0 aliphatic rings. The van der Waals surface area contributed by atoms with Crippen molar-refractivity contribution in [2.24, 2.45) is 0 Å². The van der Waals surface area contributed by atoms with Crippen molar-refractivity contribution in [3.8, 4) is 11.5 Å². The molecular formula is C14H14Cl2O. The molecule has 90 valence electrons. The average molecular weight is 269 g/mol. The van der Waals surface area contributed by atoms with Gasteiger partial charge in [0.05, 0.1) is 0 Å². The van der Waals surface area contributed by atoms with Crippen LogP contribution in [0.25, 0.3) is 0 Å². The molecule has 1 nitrogen and oxygen atoms in total. The van der Waals surface area contributed by atoms with Gasteiger partial charge in [0.25, 0.3) is 0 Å². The topological polar surface area (TPSA) is 9.23 Å². The Balaban J connectivity index is 0.000000686. The van der Waals surface area contributed by atoms with Gasteiger partial charge in [0.15, 0.2) is 0 Å². The number of benzene rings is 2. The standard InChI is InChI=1S/C12H8Cl2O.C2H6/c13-9-1-5-11(6-2-9)15-12-7-3-10(14)4-8-12;1-2/h1-8H;1-2H3. The predicted molar refractivity (Wildman–Crippen MR) is 74.3 cm³/mol. The summed E-state index contributed by atoms with van der Waals surface area (Å²) in [5, 5.41) is 1.39. The van der Waals surface area contributed by atoms with Crippen LogP contribution in [0.15, 0.2) is 48.5 Å². The smallest absolute Gasteiger partial charge is 0.127 e. The first-order valence-electron chi connectivity index (χ1n) is 5.43. The molecule has 0 unspecified atom stereocenters. The molecule has 0 bridgehead atoms. The third-order valence-electron chi connectivity index (χ3n) is 1.86. The van der Waals surface area contributed by atoms with Gasteiger partial charge >= 0.3 is 0 Å². The zero-order valence-electron chi connectivity index (χ0n) is 9.78. The molecule has 17 heavy (non-hydrogen) atoms. The molecule has 2 rings (SSSR count). The SMILES string of the molecule is CC.Clc1ccc(Oc2ccc(Cl)cc2)cc1. The normalized spacial score (nSPS) is 9.18. The van der Waals surface area contributed by atoms with Gasteiger partial charge in [0.1, 0.15) is 11.5 Å². The summed E-state index contributed by atoms with van der Waals surface area (Å²) in [7, 11) is 0. The summed E-state index contributed by atoms with van der Waals surface area (Å²) in [5.74, 6) is 1.50. The average Bonchev–Trinajstić information content (AvgIpc) is 2.37. The van der Waals surface area contributed by atoms with E-state index in [9.17, 15) is 0 Å². The van der Waals surface area contributed by atoms with Gasteiger partial charge in [0, 0.05) is 10.0 Å². The zero-order chi connectivity index (χ0) is 12.7. The molecule has 3 heteroatoms. The van der Waals surface area contributed by atoms with Crippen molar-refractivity contribution in [2.75, 3.05) is 0 Å². The van der Waals surface area contributed by atoms with Crippen LogP contribution in [0.2, 0.25) is 10.0 Å². The van der Waals surface area contributed by atoms with Crippen molar-refractivity contribution in [3.05, 3.63) is 58.6 Å². The third-order valence-corrected chi connectivity index (χ3v) is 2.37. The Labute approximate surface area is 112 Å². The maximum absolute atomic E-state index is 5.76. The Morgan fingerprint density at radius 3 is 1.24 bits per heavy atom. The first kappa shape index (κ1) is 13.9. The second-order valence-corrected chi connectivity index (χ2v) is 3.88. The molecule has 0 amide bonds. The van der Waals surface area contributed by atoms with Crippen LogP contribution in [0.5, 0.6) is 11.5 Å². The maximum Gasteiger partial charge on any atom is 0.127 e. The van der Waals surface area contributed by atoms with E-state index in [1.165, 1.54) is 0 Å². The van der Waals surface area contributed by atoms with Gasteiger partial charge in [-0.15, -0.1) is 0 Å². The molecule has 0 radical (unpaired) electrons. The van der Waals surface area contributed by atoms with E-state index in [1.807, 2.05) is 38.1 Å². The molecule has 0 saturated heterocycles. The second-order valence-electron chi connectivity index (χ2n) is 3.01. The van der Waals surface area contributed by atoms with Crippen LogP contribution < -0.4 is 4.74 Å². The molecule has 0 saturated carbocycles. The Morgan fingerprint density at radius 1 is 0.647 bits per heavy atom. The molecule has 2 aromatic rings. The van der Waals surface area contributed by atoms with Crippen molar-refractivity contribution in [2.45, 2.75) is 13.8 Å². The minimum Gasteiger partial charge on any atom is -0.457 e. The summed E-state index contributed by atoms with van der Waals surface area (Å²) >= 11 is 11.5. The summed E-state index contributed by atoms with van der Waals surface area (Å²) in [6, 6.07) is 14.4. The van der Waals surface area contributed by atoms with Crippen molar-refractivity contribution in [1.82, 2.24) is 0 Å². The predicted octanol–water partition coefficient (Wildman–Crippen LogP) is 5.81. The summed E-state index contributed by atoms with van der Waals surface area (Å²) in [4.78, 5) is 0. The molecule has 0 heterocycles. The van der Waals surface area contributed by atoms with E-state index >= 15 is 0 Å². The second kappa shape index (κ2) is 7.21. The highest BCUT2D eigenvalue weighted by Gasteiger charge is 1.96. The number of hydrogen-bond acceptors (Lipinski definition) is 1. The lowest BCUT2D eigenvalue weighted by Gasteiger charge is -2.05. The Kier molecular flexibility index (Phi) is 5.88. The molecule has 0 N–H and O–H groups in total. The van der Waals surface area contributed by atoms with Gasteiger partial charge in [-0.05, 0) is 48.5 Å². The van der Waals surface area contributed by atoms with Crippen LogP contribution in [0.4, 0.5) is 0 Å². The van der Waals surface area contributed by atoms with E-state index in [0.29, 0.717) is 10.0 Å². The molecule has 2 aromatic carbocycles. The van der Waals surface area contributed by atoms with Crippen molar-refractivity contribution < 1.29 is 4.74 Å². The van der Waals surface area contributed by atoms with Gasteiger partial charge < -0.3 is 4.74 Å². The van der Waals surface area contributed by atoms with E-state index in [1.54, 1.807) is 24.3 Å². The lowest BCUT2D eigenvalue weighted by molar-refractivity contribution is 0.483. The van der Waals surface area contributed by atoms with Crippen molar-refractivity contribution in [3.63, 3.8) is 0 Å². The molecular weight excluding hydrogens is 255 g/mol. The Bertz CT molecular complexity index is 391. The molecule has 0 atom stereocenters. The van der Waals surface area contributed by atoms with Crippen LogP contribution >= 0.6 is 23.2 Å². The fourth-order valence-electron chi connectivity index (χ4n) is 1.14. The number of ether oxygens (including phenoxy) is 1. The first-order valence-corrected chi connectivity index (χ1v) is 6.18. The van der Waals surface area contributed by atoms with E-state index in [-0.39, 0.29) is 0 Å². The van der Waals surface area contributed by atoms with Gasteiger partial charge in [-0.1, -0.05) is 37.0 Å². The quantitative estimate of drug-likeness (QED) is 0.668. The molecule has 0 spiro atoms. The van der Waals surface area contributed by atoms with Gasteiger partial charge in [-0.3, -0.25) is 0 Å². The van der Waals surface area contributed by atoms with E-state index in [2.05, 4.69) is 0 Å². The monoisotopic (exact) mass is 268 g/mol. The summed E-state index contributed by atoms with van der Waals surface area (Å²) < 4.78 is 5.57. The minimum absolute atomic E-state index is 0.693. The number of rotatable bonds is 2. The largest absolute Gasteiger partial charge is 0.457 e. The molecule has 0 aliphatic heterocycles. The van der Waals surface area contributed by atoms with Gasteiger partial charge in [-0.2, -0.15) is 0 Å². The minimum atomic E-state index is 0.693. The molecule has 0 aliphatic carbocycles. The van der Waals surface area contributed by atoms with Crippen molar-refractivity contribution in [1.29, 1.82) is 0 Å². The van der Waals surface area contributed by atoms with Crippen molar-refractivity contribution >= 4 is 23.2 Å². The maximum atomic E-state index is 5.76. The lowest BCUT2D eigenvalue weighted by atomic mass is 10.3. The lowest BCUT2D eigenvalue weighted by Crippen LogP contribution is -1.82.